The van der Waals surface area contributed by atoms with Crippen LogP contribution in [0.15, 0.2) is 92.3 Å². The van der Waals surface area contributed by atoms with Crippen LogP contribution in [0.5, 0.6) is 17.2 Å². The van der Waals surface area contributed by atoms with Gasteiger partial charge in [0.2, 0.25) is 0 Å². The van der Waals surface area contributed by atoms with Crippen LogP contribution in [-0.4, -0.2) is 108 Å². The molecule has 3 N–H and O–H groups in total. The lowest BCUT2D eigenvalue weighted by atomic mass is 10.2. The van der Waals surface area contributed by atoms with Gasteiger partial charge in [-0.3, -0.25) is 0 Å². The fraction of sp³-hybridized carbons (Fsp3) is 0.289. The van der Waals surface area contributed by atoms with E-state index in [1.165, 1.54) is 30.6 Å². The van der Waals surface area contributed by atoms with Crippen molar-refractivity contribution < 1.29 is 24.8 Å². The number of halogens is 3. The molecule has 0 saturated carbocycles. The van der Waals surface area contributed by atoms with Gasteiger partial charge in [0.25, 0.3) is 0 Å². The lowest BCUT2D eigenvalue weighted by Gasteiger charge is -2.28. The summed E-state index contributed by atoms with van der Waals surface area (Å²) in [6, 6.07) is 16.3. The Labute approximate surface area is 380 Å². The molecule has 4 aromatic heterocycles. The maximum Gasteiger partial charge on any atom is 0.160 e. The van der Waals surface area contributed by atoms with Gasteiger partial charge in [-0.25, -0.2) is 39.9 Å². The van der Waals surface area contributed by atoms with Crippen LogP contribution in [0.4, 0.5) is 11.6 Å². The number of hydrogen-bond donors (Lipinski definition) is 3. The third-order valence-corrected chi connectivity index (χ3v) is 10.2. The Bertz CT molecular complexity index is 2640. The number of anilines is 2. The number of aromatic hydroxyl groups is 3. The molecule has 0 spiro atoms. The second-order valence-corrected chi connectivity index (χ2v) is 14.3. The molecule has 10 rings (SSSR count). The molecule has 63 heavy (non-hydrogen) atoms. The summed E-state index contributed by atoms with van der Waals surface area (Å²) >= 11 is 18.0. The van der Waals surface area contributed by atoms with Crippen LogP contribution in [-0.2, 0) is 9.47 Å². The third-order valence-electron chi connectivity index (χ3n) is 9.35. The van der Waals surface area contributed by atoms with E-state index in [1.807, 2.05) is 58.2 Å². The number of para-hydroxylation sites is 2. The Morgan fingerprint density at radius 2 is 1.03 bits per heavy atom. The third kappa shape index (κ3) is 11.9. The summed E-state index contributed by atoms with van der Waals surface area (Å²) in [6.45, 7) is 15.7. The first kappa shape index (κ1) is 48.1. The standard InChI is InChI=1S/C12H11Cl2N3O2.C12H12ClN3O2.C9H8N2.C8H6N2O.2C2H6/c13-7-5-8(14)11(18)10-9(7)12(16-6-15-10)17-1-3-19-4-2-17;13-9-2-1-8-10(11(9)17)14-7-15-12(8)16-3-5-18-6-4-16;1-7-3-2-4-8-5-10-6-11-9(7)8;11-7-3-1-2-6-4-9-5-10-8(6)7;2*1-2/h5-6,18H,1-4H2;1-2,7,17H,3-6H2;2-6H,1H3;1-5,11H;2*1-2H3. The van der Waals surface area contributed by atoms with Gasteiger partial charge in [-0.15, -0.1) is 0 Å². The number of aryl methyl sites for hydroxylation is 1. The van der Waals surface area contributed by atoms with Gasteiger partial charge in [-0.05, 0) is 36.8 Å². The van der Waals surface area contributed by atoms with E-state index in [1.54, 1.807) is 30.7 Å². The maximum absolute atomic E-state index is 9.98. The first-order valence-electron chi connectivity index (χ1n) is 20.3. The molecule has 4 aromatic carbocycles. The molecule has 0 radical (unpaired) electrons. The Morgan fingerprint density at radius 3 is 1.63 bits per heavy atom. The smallest absolute Gasteiger partial charge is 0.160 e. The predicted molar refractivity (Wildman–Crippen MR) is 252 cm³/mol. The summed E-state index contributed by atoms with van der Waals surface area (Å²) in [4.78, 5) is 36.8. The number of hydrogen-bond acceptors (Lipinski definition) is 15. The van der Waals surface area contributed by atoms with Crippen LogP contribution in [0.2, 0.25) is 15.1 Å². The zero-order chi connectivity index (χ0) is 45.3. The molecular formula is C45H49Cl3N10O5. The monoisotopic (exact) mass is 914 g/mol. The average molecular weight is 916 g/mol. The minimum Gasteiger partial charge on any atom is -0.506 e. The van der Waals surface area contributed by atoms with Crippen molar-refractivity contribution in [3.8, 4) is 17.2 Å². The summed E-state index contributed by atoms with van der Waals surface area (Å²) in [5, 5.41) is 33.5. The molecule has 18 heteroatoms. The zero-order valence-corrected chi connectivity index (χ0v) is 37.8. The number of benzene rings is 4. The number of phenols is 3. The minimum absolute atomic E-state index is 0.00563. The van der Waals surface area contributed by atoms with E-state index in [9.17, 15) is 15.3 Å². The molecular weight excluding hydrogens is 867 g/mol. The lowest BCUT2D eigenvalue weighted by molar-refractivity contribution is 0.122. The van der Waals surface area contributed by atoms with Crippen molar-refractivity contribution >= 4 is 90.1 Å². The van der Waals surface area contributed by atoms with Gasteiger partial charge in [-0.1, -0.05) is 92.8 Å². The SMILES string of the molecule is CC.CC.Cc1cccc2cncnc12.Oc1c(Cl)cc(Cl)c2c(N3CCOCC3)ncnc12.Oc1c(Cl)ccc2c(N3CCOCC3)ncnc12.Oc1cccc2cncnc12. The molecule has 0 bridgehead atoms. The first-order chi connectivity index (χ1) is 30.7. The molecule has 0 atom stereocenters. The molecule has 2 fully saturated rings. The molecule has 0 aliphatic carbocycles. The van der Waals surface area contributed by atoms with Crippen molar-refractivity contribution in [3.63, 3.8) is 0 Å². The van der Waals surface area contributed by atoms with E-state index >= 15 is 0 Å². The number of ether oxygens (including phenoxy) is 2. The van der Waals surface area contributed by atoms with Gasteiger partial charge in [0, 0.05) is 54.7 Å². The van der Waals surface area contributed by atoms with Crippen LogP contribution in [0.25, 0.3) is 43.6 Å². The maximum atomic E-state index is 9.98. The van der Waals surface area contributed by atoms with Crippen molar-refractivity contribution in [2.75, 3.05) is 62.4 Å². The number of morpholine rings is 2. The molecule has 2 saturated heterocycles. The second kappa shape index (κ2) is 24.0. The van der Waals surface area contributed by atoms with Gasteiger partial charge < -0.3 is 34.6 Å². The van der Waals surface area contributed by atoms with Crippen LogP contribution in [0.3, 0.4) is 0 Å². The van der Waals surface area contributed by atoms with E-state index in [0.29, 0.717) is 64.2 Å². The molecule has 0 unspecified atom stereocenters. The van der Waals surface area contributed by atoms with Gasteiger partial charge in [-0.2, -0.15) is 0 Å². The molecule has 8 aromatic rings. The van der Waals surface area contributed by atoms with E-state index < -0.39 is 0 Å². The number of fused-ring (bicyclic) bond motifs is 4. The Morgan fingerprint density at radius 1 is 0.524 bits per heavy atom. The number of rotatable bonds is 2. The van der Waals surface area contributed by atoms with Crippen LogP contribution in [0.1, 0.15) is 33.3 Å². The Balaban J connectivity index is 0.000000158. The second-order valence-electron chi connectivity index (χ2n) is 13.1. The fourth-order valence-corrected chi connectivity index (χ4v) is 7.11. The Kier molecular flexibility index (Phi) is 18.3. The highest BCUT2D eigenvalue weighted by atomic mass is 35.5. The largest absolute Gasteiger partial charge is 0.506 e. The number of nitrogens with zero attached hydrogens (tertiary/aromatic N) is 10. The summed E-state index contributed by atoms with van der Waals surface area (Å²) in [6.07, 6.45) is 9.34. The molecule has 0 amide bonds. The first-order valence-corrected chi connectivity index (χ1v) is 21.5. The molecule has 15 nitrogen and oxygen atoms in total. The van der Waals surface area contributed by atoms with Gasteiger partial charge in [0.05, 0.1) is 52.4 Å². The number of phenolic OH excluding ortho intramolecular Hbond substituents is 3. The Hall–Kier alpha value is -5.97. The topological polar surface area (TPSA) is 189 Å². The predicted octanol–water partition coefficient (Wildman–Crippen LogP) is 9.63. The quantitative estimate of drug-likeness (QED) is 0.149. The van der Waals surface area contributed by atoms with Crippen molar-refractivity contribution in [2.24, 2.45) is 0 Å². The lowest BCUT2D eigenvalue weighted by Crippen LogP contribution is -2.36. The minimum atomic E-state index is -0.0713. The van der Waals surface area contributed by atoms with Crippen molar-refractivity contribution in [1.29, 1.82) is 0 Å². The summed E-state index contributed by atoms with van der Waals surface area (Å²) in [7, 11) is 0. The number of aromatic nitrogens is 8. The van der Waals surface area contributed by atoms with E-state index in [-0.39, 0.29) is 22.3 Å². The normalized spacial score (nSPS) is 13.2. The molecule has 2 aliphatic rings. The van der Waals surface area contributed by atoms with Gasteiger partial charge in [0.1, 0.15) is 59.2 Å². The average Bonchev–Trinajstić information content (AvgIpc) is 3.34. The van der Waals surface area contributed by atoms with E-state index in [0.717, 1.165) is 53.7 Å². The van der Waals surface area contributed by atoms with Crippen molar-refractivity contribution in [1.82, 2.24) is 39.9 Å². The van der Waals surface area contributed by atoms with Crippen LogP contribution in [0, 0.1) is 6.92 Å². The van der Waals surface area contributed by atoms with Crippen LogP contribution < -0.4 is 9.80 Å². The van der Waals surface area contributed by atoms with Crippen molar-refractivity contribution in [3.05, 3.63) is 113 Å². The molecule has 6 heterocycles. The van der Waals surface area contributed by atoms with Crippen molar-refractivity contribution in [2.45, 2.75) is 34.6 Å². The van der Waals surface area contributed by atoms with Crippen LogP contribution >= 0.6 is 34.8 Å². The fourth-order valence-electron chi connectivity index (χ4n) is 6.42. The van der Waals surface area contributed by atoms with Gasteiger partial charge in [0.15, 0.2) is 11.5 Å². The highest BCUT2D eigenvalue weighted by Gasteiger charge is 2.21. The molecule has 330 valence electrons. The van der Waals surface area contributed by atoms with E-state index in [2.05, 4.69) is 62.7 Å². The van der Waals surface area contributed by atoms with E-state index in [4.69, 9.17) is 44.3 Å². The summed E-state index contributed by atoms with van der Waals surface area (Å²) in [5.41, 5.74) is 3.70. The summed E-state index contributed by atoms with van der Waals surface area (Å²) < 4.78 is 10.6. The zero-order valence-electron chi connectivity index (χ0n) is 35.6. The highest BCUT2D eigenvalue weighted by molar-refractivity contribution is 6.40. The molecule has 2 aliphatic heterocycles. The summed E-state index contributed by atoms with van der Waals surface area (Å²) in [5.74, 6) is 1.65. The van der Waals surface area contributed by atoms with Gasteiger partial charge >= 0.3 is 0 Å². The highest BCUT2D eigenvalue weighted by Crippen LogP contribution is 2.40.